The topological polar surface area (TPSA) is 142 Å². The molecule has 1 aliphatic heterocycles. The molecule has 2 rings (SSSR count). The minimum atomic E-state index is -0.728. The predicted octanol–water partition coefficient (Wildman–Crippen LogP) is 3.15. The molecule has 10 heteroatoms. The highest BCUT2D eigenvalue weighted by atomic mass is 16.5. The van der Waals surface area contributed by atoms with E-state index >= 15 is 0 Å². The van der Waals surface area contributed by atoms with Gasteiger partial charge in [0.1, 0.15) is 6.23 Å². The molecule has 1 aliphatic rings. The normalized spacial score (nSPS) is 20.9. The van der Waals surface area contributed by atoms with Gasteiger partial charge in [-0.1, -0.05) is 57.0 Å². The summed E-state index contributed by atoms with van der Waals surface area (Å²) in [6.07, 6.45) is 9.86. The van der Waals surface area contributed by atoms with Gasteiger partial charge in [-0.05, 0) is 12.0 Å². The molecule has 1 saturated heterocycles. The lowest BCUT2D eigenvalue weighted by Gasteiger charge is -2.15. The van der Waals surface area contributed by atoms with Crippen LogP contribution in [0.15, 0.2) is 20.9 Å². The second kappa shape index (κ2) is 13.2. The minimum Gasteiger partial charge on any atom is -0.394 e. The van der Waals surface area contributed by atoms with Gasteiger partial charge in [-0.2, -0.15) is 0 Å². The van der Waals surface area contributed by atoms with Crippen LogP contribution in [-0.4, -0.2) is 40.0 Å². The summed E-state index contributed by atoms with van der Waals surface area (Å²) in [5.74, 6) is 0. The molecule has 168 valence electrons. The number of azide groups is 1. The zero-order valence-electron chi connectivity index (χ0n) is 17.7. The second-order valence-corrected chi connectivity index (χ2v) is 7.67. The lowest BCUT2D eigenvalue weighted by atomic mass is 10.1. The molecule has 0 aliphatic carbocycles. The quantitative estimate of drug-likeness (QED) is 0.204. The van der Waals surface area contributed by atoms with E-state index in [0.29, 0.717) is 12.2 Å². The molecule has 1 fully saturated rings. The van der Waals surface area contributed by atoms with Crippen LogP contribution in [0, 0.1) is 0 Å². The molecule has 0 bridgehead atoms. The molecular weight excluding hydrogens is 390 g/mol. The standard InChI is InChI=1S/C20H33N5O5/c1-2-3-4-5-6-7-8-9-10-29-14-15-12-25(20(28)22-19(15)27)18-11-16(23-24-21)17(13-26)30-18/h12,16-18,26H,2-11,13-14H2,1H3,(H,22,27,28)/t16-,17+,18?/m0/s1. The van der Waals surface area contributed by atoms with Crippen molar-refractivity contribution in [1.82, 2.24) is 9.55 Å². The van der Waals surface area contributed by atoms with Crippen LogP contribution < -0.4 is 11.2 Å². The molecule has 2 heterocycles. The molecule has 1 aromatic rings. The average Bonchev–Trinajstić information content (AvgIpc) is 3.13. The third-order valence-corrected chi connectivity index (χ3v) is 5.34. The number of ether oxygens (including phenoxy) is 2. The summed E-state index contributed by atoms with van der Waals surface area (Å²) in [4.78, 5) is 29.3. The van der Waals surface area contributed by atoms with Crippen molar-refractivity contribution < 1.29 is 14.6 Å². The number of hydrogen-bond acceptors (Lipinski definition) is 6. The maximum atomic E-state index is 12.2. The summed E-state index contributed by atoms with van der Waals surface area (Å²) >= 11 is 0. The van der Waals surface area contributed by atoms with Crippen LogP contribution in [0.4, 0.5) is 0 Å². The zero-order chi connectivity index (χ0) is 21.8. The summed E-state index contributed by atoms with van der Waals surface area (Å²) < 4.78 is 12.5. The molecule has 1 aromatic heterocycles. The number of nitrogens with zero attached hydrogens (tertiary/aromatic N) is 4. The molecule has 0 saturated carbocycles. The van der Waals surface area contributed by atoms with Gasteiger partial charge in [-0.3, -0.25) is 14.3 Å². The first-order valence-electron chi connectivity index (χ1n) is 10.8. The van der Waals surface area contributed by atoms with E-state index in [9.17, 15) is 14.7 Å². The monoisotopic (exact) mass is 423 g/mol. The highest BCUT2D eigenvalue weighted by Gasteiger charge is 2.35. The number of aliphatic hydroxyl groups is 1. The number of nitrogens with one attached hydrogen (secondary N) is 1. The number of aromatic amines is 1. The lowest BCUT2D eigenvalue weighted by molar-refractivity contribution is -0.0274. The van der Waals surface area contributed by atoms with Gasteiger partial charge >= 0.3 is 5.69 Å². The molecular formula is C20H33N5O5. The summed E-state index contributed by atoms with van der Waals surface area (Å²) in [5, 5.41) is 13.0. The fourth-order valence-corrected chi connectivity index (χ4v) is 3.60. The predicted molar refractivity (Wildman–Crippen MR) is 112 cm³/mol. The van der Waals surface area contributed by atoms with E-state index < -0.39 is 29.6 Å². The van der Waals surface area contributed by atoms with E-state index in [1.807, 2.05) is 0 Å². The summed E-state index contributed by atoms with van der Waals surface area (Å²) in [7, 11) is 0. The Labute approximate surface area is 175 Å². The van der Waals surface area contributed by atoms with Crippen molar-refractivity contribution in [3.63, 3.8) is 0 Å². The number of aromatic nitrogens is 2. The van der Waals surface area contributed by atoms with Crippen molar-refractivity contribution in [2.75, 3.05) is 13.2 Å². The van der Waals surface area contributed by atoms with Gasteiger partial charge in [0.2, 0.25) is 0 Å². The Hall–Kier alpha value is -2.13. The van der Waals surface area contributed by atoms with Gasteiger partial charge in [-0.15, -0.1) is 0 Å². The van der Waals surface area contributed by atoms with Gasteiger partial charge in [-0.25, -0.2) is 4.79 Å². The third kappa shape index (κ3) is 7.28. The first-order chi connectivity index (χ1) is 14.6. The van der Waals surface area contributed by atoms with Crippen LogP contribution in [0.25, 0.3) is 10.4 Å². The zero-order valence-corrected chi connectivity index (χ0v) is 17.7. The Bertz CT molecular complexity index is 802. The maximum Gasteiger partial charge on any atom is 0.330 e. The van der Waals surface area contributed by atoms with Crippen LogP contribution in [0.5, 0.6) is 0 Å². The Kier molecular flexibility index (Phi) is 10.6. The van der Waals surface area contributed by atoms with Gasteiger partial charge < -0.3 is 14.6 Å². The van der Waals surface area contributed by atoms with Crippen LogP contribution >= 0.6 is 0 Å². The summed E-state index contributed by atoms with van der Waals surface area (Å²) in [6.45, 7) is 2.54. The third-order valence-electron chi connectivity index (χ3n) is 5.34. The van der Waals surface area contributed by atoms with E-state index in [4.69, 9.17) is 15.0 Å². The van der Waals surface area contributed by atoms with Crippen LogP contribution in [-0.2, 0) is 16.1 Å². The van der Waals surface area contributed by atoms with Gasteiger partial charge in [0.15, 0.2) is 0 Å². The Morgan fingerprint density at radius 1 is 1.27 bits per heavy atom. The summed E-state index contributed by atoms with van der Waals surface area (Å²) in [5.41, 5.74) is 7.86. The molecule has 1 unspecified atom stereocenters. The van der Waals surface area contributed by atoms with Gasteiger partial charge in [0.25, 0.3) is 5.56 Å². The van der Waals surface area contributed by atoms with Crippen LogP contribution in [0.3, 0.4) is 0 Å². The number of unbranched alkanes of at least 4 members (excludes halogenated alkanes) is 7. The first-order valence-corrected chi connectivity index (χ1v) is 10.8. The highest BCUT2D eigenvalue weighted by molar-refractivity contribution is 5.04. The van der Waals surface area contributed by atoms with Crippen molar-refractivity contribution in [3.05, 3.63) is 43.0 Å². The van der Waals surface area contributed by atoms with E-state index in [0.717, 1.165) is 12.8 Å². The SMILES string of the molecule is CCCCCCCCCCOCc1cn(C2C[C@H](N=[N+]=[N-])[C@@H](CO)O2)c(=O)[nH]c1=O. The Morgan fingerprint density at radius 2 is 1.97 bits per heavy atom. The maximum absolute atomic E-state index is 12.2. The van der Waals surface area contributed by atoms with Crippen LogP contribution in [0.2, 0.25) is 0 Å². The second-order valence-electron chi connectivity index (χ2n) is 7.67. The first kappa shape index (κ1) is 24.1. The smallest absolute Gasteiger partial charge is 0.330 e. The molecule has 0 radical (unpaired) electrons. The van der Waals surface area contributed by atoms with Crippen molar-refractivity contribution in [2.24, 2.45) is 5.11 Å². The summed E-state index contributed by atoms with van der Waals surface area (Å²) in [6, 6.07) is -0.578. The number of aliphatic hydroxyl groups excluding tert-OH is 1. The molecule has 0 amide bonds. The molecule has 0 spiro atoms. The van der Waals surface area contributed by atoms with Crippen molar-refractivity contribution >= 4 is 0 Å². The van der Waals surface area contributed by atoms with E-state index in [2.05, 4.69) is 21.9 Å². The van der Waals surface area contributed by atoms with Crippen molar-refractivity contribution in [1.29, 1.82) is 0 Å². The Balaban J connectivity index is 1.83. The fraction of sp³-hybridized carbons (Fsp3) is 0.800. The van der Waals surface area contributed by atoms with Crippen molar-refractivity contribution in [2.45, 2.75) is 89.7 Å². The largest absolute Gasteiger partial charge is 0.394 e. The Morgan fingerprint density at radius 3 is 2.63 bits per heavy atom. The van der Waals surface area contributed by atoms with Crippen molar-refractivity contribution in [3.8, 4) is 0 Å². The van der Waals surface area contributed by atoms with E-state index in [-0.39, 0.29) is 19.6 Å². The fourth-order valence-electron chi connectivity index (χ4n) is 3.60. The number of H-pyrrole nitrogens is 1. The van der Waals surface area contributed by atoms with Gasteiger partial charge in [0.05, 0.1) is 30.9 Å². The van der Waals surface area contributed by atoms with Crippen LogP contribution in [0.1, 0.15) is 76.5 Å². The van der Waals surface area contributed by atoms with Gasteiger partial charge in [0, 0.05) is 24.1 Å². The molecule has 30 heavy (non-hydrogen) atoms. The highest BCUT2D eigenvalue weighted by Crippen LogP contribution is 2.29. The lowest BCUT2D eigenvalue weighted by Crippen LogP contribution is -2.34. The number of hydrogen-bond donors (Lipinski definition) is 2. The van der Waals surface area contributed by atoms with E-state index in [1.54, 1.807) is 0 Å². The molecule has 0 aromatic carbocycles. The average molecular weight is 424 g/mol. The minimum absolute atomic E-state index is 0.0992. The molecule has 10 nitrogen and oxygen atoms in total. The molecule has 3 atom stereocenters. The number of rotatable bonds is 14. The van der Waals surface area contributed by atoms with E-state index in [1.165, 1.54) is 49.3 Å². The molecule has 2 N–H and O–H groups in total.